The van der Waals surface area contributed by atoms with E-state index in [4.69, 9.17) is 5.73 Å². The van der Waals surface area contributed by atoms with Crippen molar-refractivity contribution in [2.75, 3.05) is 6.54 Å². The second-order valence-corrected chi connectivity index (χ2v) is 5.29. The summed E-state index contributed by atoms with van der Waals surface area (Å²) in [5, 5.41) is 2.99. The zero-order chi connectivity index (χ0) is 11.4. The zero-order valence-corrected chi connectivity index (χ0v) is 10.1. The van der Waals surface area contributed by atoms with Gasteiger partial charge in [0.05, 0.1) is 0 Å². The Hall–Kier alpha value is -0.570. The fraction of sp³-hybridized carbons (Fsp3) is 0.917. The molecule has 0 radical (unpaired) electrons. The van der Waals surface area contributed by atoms with Crippen molar-refractivity contribution >= 4 is 5.91 Å². The van der Waals surface area contributed by atoms with Crippen molar-refractivity contribution in [2.45, 2.75) is 46.1 Å². The lowest BCUT2D eigenvalue weighted by molar-refractivity contribution is -0.126. The van der Waals surface area contributed by atoms with Gasteiger partial charge in [0, 0.05) is 18.5 Å². The van der Waals surface area contributed by atoms with Crippen LogP contribution in [0.4, 0.5) is 0 Å². The van der Waals surface area contributed by atoms with Gasteiger partial charge in [-0.1, -0.05) is 20.8 Å². The number of nitrogens with two attached hydrogens (primary N) is 1. The van der Waals surface area contributed by atoms with Gasteiger partial charge in [-0.05, 0) is 31.1 Å². The first-order chi connectivity index (χ1) is 7.00. The van der Waals surface area contributed by atoms with E-state index in [1.807, 2.05) is 0 Å². The van der Waals surface area contributed by atoms with Crippen molar-refractivity contribution in [3.05, 3.63) is 0 Å². The van der Waals surface area contributed by atoms with E-state index in [-0.39, 0.29) is 17.9 Å². The van der Waals surface area contributed by atoms with Crippen LogP contribution < -0.4 is 11.1 Å². The molecule has 15 heavy (non-hydrogen) atoms. The maximum absolute atomic E-state index is 11.8. The van der Waals surface area contributed by atoms with E-state index < -0.39 is 0 Å². The summed E-state index contributed by atoms with van der Waals surface area (Å²) in [5.41, 5.74) is 5.98. The summed E-state index contributed by atoms with van der Waals surface area (Å²) in [6, 6.07) is 0.202. The van der Waals surface area contributed by atoms with Crippen molar-refractivity contribution in [1.29, 1.82) is 0 Å². The molecule has 3 heteroatoms. The number of carbonyl (C=O) groups is 1. The highest BCUT2D eigenvalue weighted by molar-refractivity contribution is 5.78. The smallest absolute Gasteiger partial charge is 0.223 e. The number of hydrogen-bond acceptors (Lipinski definition) is 2. The maximum Gasteiger partial charge on any atom is 0.223 e. The molecule has 1 fully saturated rings. The molecule has 1 saturated carbocycles. The Labute approximate surface area is 92.8 Å². The van der Waals surface area contributed by atoms with Crippen LogP contribution in [-0.4, -0.2) is 18.5 Å². The van der Waals surface area contributed by atoms with Crippen LogP contribution >= 0.6 is 0 Å². The second kappa shape index (κ2) is 5.50. The Morgan fingerprint density at radius 1 is 1.47 bits per heavy atom. The van der Waals surface area contributed by atoms with Crippen LogP contribution in [-0.2, 0) is 4.79 Å². The zero-order valence-electron chi connectivity index (χ0n) is 10.1. The van der Waals surface area contributed by atoms with Gasteiger partial charge in [0.15, 0.2) is 0 Å². The molecule has 88 valence electrons. The van der Waals surface area contributed by atoms with Crippen LogP contribution in [0, 0.1) is 17.8 Å². The molecule has 3 N–H and O–H groups in total. The predicted octanol–water partition coefficient (Wildman–Crippen LogP) is 1.52. The van der Waals surface area contributed by atoms with Gasteiger partial charge in [0.2, 0.25) is 5.91 Å². The Kier molecular flexibility index (Phi) is 4.58. The van der Waals surface area contributed by atoms with Crippen LogP contribution in [0.2, 0.25) is 0 Å². The molecule has 0 aromatic heterocycles. The Balaban J connectivity index is 2.34. The van der Waals surface area contributed by atoms with Crippen molar-refractivity contribution in [3.63, 3.8) is 0 Å². The van der Waals surface area contributed by atoms with E-state index in [9.17, 15) is 4.79 Å². The molecule has 1 aliphatic carbocycles. The molecule has 1 amide bonds. The normalized spacial score (nSPS) is 31.7. The number of amides is 1. The van der Waals surface area contributed by atoms with E-state index in [0.717, 1.165) is 25.8 Å². The summed E-state index contributed by atoms with van der Waals surface area (Å²) in [4.78, 5) is 11.8. The summed E-state index contributed by atoms with van der Waals surface area (Å²) in [6.45, 7) is 7.16. The standard InChI is InChI=1S/C12H24N2O/c1-8(2)7-14-12(15)10-5-4-9(3)11(13)6-10/h8-11H,4-7,13H2,1-3H3,(H,14,15). The van der Waals surface area contributed by atoms with E-state index in [0.29, 0.717) is 11.8 Å². The molecule has 3 unspecified atom stereocenters. The quantitative estimate of drug-likeness (QED) is 0.745. The summed E-state index contributed by atoms with van der Waals surface area (Å²) in [6.07, 6.45) is 2.94. The van der Waals surface area contributed by atoms with Crippen LogP contribution in [0.25, 0.3) is 0 Å². The first-order valence-corrected chi connectivity index (χ1v) is 6.04. The molecular formula is C12H24N2O. The molecule has 0 aromatic rings. The van der Waals surface area contributed by atoms with Gasteiger partial charge in [0.1, 0.15) is 0 Å². The molecule has 3 nitrogen and oxygen atoms in total. The SMILES string of the molecule is CC(C)CNC(=O)C1CCC(C)C(N)C1. The van der Waals surface area contributed by atoms with Crippen molar-refractivity contribution in [1.82, 2.24) is 5.32 Å². The van der Waals surface area contributed by atoms with Crippen LogP contribution in [0.3, 0.4) is 0 Å². The van der Waals surface area contributed by atoms with E-state index in [1.54, 1.807) is 0 Å². The largest absolute Gasteiger partial charge is 0.356 e. The molecule has 3 atom stereocenters. The molecule has 0 aromatic carbocycles. The van der Waals surface area contributed by atoms with Crippen molar-refractivity contribution in [2.24, 2.45) is 23.5 Å². The third-order valence-corrected chi connectivity index (χ3v) is 3.31. The molecular weight excluding hydrogens is 188 g/mol. The van der Waals surface area contributed by atoms with Crippen LogP contribution in [0.1, 0.15) is 40.0 Å². The van der Waals surface area contributed by atoms with Crippen LogP contribution in [0.15, 0.2) is 0 Å². The Morgan fingerprint density at radius 3 is 2.67 bits per heavy atom. The number of hydrogen-bond donors (Lipinski definition) is 2. The lowest BCUT2D eigenvalue weighted by Gasteiger charge is -2.31. The third kappa shape index (κ3) is 3.82. The molecule has 1 aliphatic rings. The van der Waals surface area contributed by atoms with Gasteiger partial charge in [-0.3, -0.25) is 4.79 Å². The van der Waals surface area contributed by atoms with Crippen molar-refractivity contribution < 1.29 is 4.79 Å². The van der Waals surface area contributed by atoms with Gasteiger partial charge in [-0.2, -0.15) is 0 Å². The Morgan fingerprint density at radius 2 is 2.13 bits per heavy atom. The second-order valence-electron chi connectivity index (χ2n) is 5.29. The van der Waals surface area contributed by atoms with E-state index in [2.05, 4.69) is 26.1 Å². The van der Waals surface area contributed by atoms with E-state index >= 15 is 0 Å². The molecule has 0 saturated heterocycles. The highest BCUT2D eigenvalue weighted by atomic mass is 16.1. The third-order valence-electron chi connectivity index (χ3n) is 3.31. The molecule has 1 rings (SSSR count). The molecule has 0 heterocycles. The van der Waals surface area contributed by atoms with Gasteiger partial charge < -0.3 is 11.1 Å². The highest BCUT2D eigenvalue weighted by Gasteiger charge is 2.29. The number of rotatable bonds is 3. The summed E-state index contributed by atoms with van der Waals surface area (Å²) in [7, 11) is 0. The summed E-state index contributed by atoms with van der Waals surface area (Å²) in [5.74, 6) is 1.44. The average molecular weight is 212 g/mol. The average Bonchev–Trinajstić information content (AvgIpc) is 2.18. The minimum Gasteiger partial charge on any atom is -0.356 e. The maximum atomic E-state index is 11.8. The Bertz CT molecular complexity index is 216. The van der Waals surface area contributed by atoms with Crippen LogP contribution in [0.5, 0.6) is 0 Å². The number of nitrogens with one attached hydrogen (secondary N) is 1. The van der Waals surface area contributed by atoms with E-state index in [1.165, 1.54) is 0 Å². The summed E-state index contributed by atoms with van der Waals surface area (Å²) >= 11 is 0. The highest BCUT2D eigenvalue weighted by Crippen LogP contribution is 2.27. The van der Waals surface area contributed by atoms with Gasteiger partial charge in [0.25, 0.3) is 0 Å². The lowest BCUT2D eigenvalue weighted by atomic mass is 9.79. The van der Waals surface area contributed by atoms with Gasteiger partial charge in [-0.15, -0.1) is 0 Å². The minimum absolute atomic E-state index is 0.148. The number of carbonyl (C=O) groups excluding carboxylic acids is 1. The fourth-order valence-corrected chi connectivity index (χ4v) is 2.04. The molecule has 0 spiro atoms. The van der Waals surface area contributed by atoms with Crippen molar-refractivity contribution in [3.8, 4) is 0 Å². The molecule has 0 bridgehead atoms. The fourth-order valence-electron chi connectivity index (χ4n) is 2.04. The predicted molar refractivity (Wildman–Crippen MR) is 62.3 cm³/mol. The first kappa shape index (κ1) is 12.5. The molecule has 0 aliphatic heterocycles. The topological polar surface area (TPSA) is 55.1 Å². The summed E-state index contributed by atoms with van der Waals surface area (Å²) < 4.78 is 0. The van der Waals surface area contributed by atoms with Gasteiger partial charge in [-0.25, -0.2) is 0 Å². The monoisotopic (exact) mass is 212 g/mol. The first-order valence-electron chi connectivity index (χ1n) is 6.04. The minimum atomic E-state index is 0.148. The lowest BCUT2D eigenvalue weighted by Crippen LogP contribution is -2.42. The van der Waals surface area contributed by atoms with Gasteiger partial charge >= 0.3 is 0 Å².